The molecule has 4 saturated carbocycles. The molecule has 0 aromatic carbocycles. The molecule has 0 spiro atoms. The highest BCUT2D eigenvalue weighted by molar-refractivity contribution is 5.81. The first-order valence-corrected chi connectivity index (χ1v) is 8.54. The minimum Gasteiger partial charge on any atom is -0.494 e. The molecule has 3 N–H and O–H groups in total. The molecule has 0 amide bonds. The SMILES string of the molecule is C[C@H](N=Cc1c(O)[nH]c(=O)[nH]c1=O)C12CC3CC(CC(C3)C1)C2. The van der Waals surface area contributed by atoms with E-state index in [1.807, 2.05) is 0 Å². The van der Waals surface area contributed by atoms with Crippen molar-refractivity contribution in [3.8, 4) is 5.88 Å². The van der Waals surface area contributed by atoms with Crippen LogP contribution in [0.5, 0.6) is 5.88 Å². The Morgan fingerprint density at radius 2 is 1.70 bits per heavy atom. The van der Waals surface area contributed by atoms with Crippen molar-refractivity contribution in [3.63, 3.8) is 0 Å². The zero-order valence-electron chi connectivity index (χ0n) is 13.3. The fourth-order valence-corrected chi connectivity index (χ4v) is 5.64. The van der Waals surface area contributed by atoms with Crippen molar-refractivity contribution in [3.05, 3.63) is 26.4 Å². The lowest BCUT2D eigenvalue weighted by Crippen LogP contribution is -2.50. The Balaban J connectivity index is 1.60. The molecule has 6 heteroatoms. The Bertz CT molecular complexity index is 726. The van der Waals surface area contributed by atoms with E-state index in [0.29, 0.717) is 0 Å². The van der Waals surface area contributed by atoms with Gasteiger partial charge in [-0.15, -0.1) is 0 Å². The molecule has 5 rings (SSSR count). The van der Waals surface area contributed by atoms with Gasteiger partial charge in [-0.05, 0) is 68.6 Å². The lowest BCUT2D eigenvalue weighted by Gasteiger charge is -2.58. The van der Waals surface area contributed by atoms with E-state index in [4.69, 9.17) is 0 Å². The van der Waals surface area contributed by atoms with Crippen LogP contribution in [0.3, 0.4) is 0 Å². The van der Waals surface area contributed by atoms with Crippen molar-refractivity contribution in [2.45, 2.75) is 51.5 Å². The molecule has 23 heavy (non-hydrogen) atoms. The first kappa shape index (κ1) is 14.7. The van der Waals surface area contributed by atoms with E-state index in [9.17, 15) is 14.7 Å². The van der Waals surface area contributed by atoms with Crippen LogP contribution >= 0.6 is 0 Å². The zero-order valence-corrected chi connectivity index (χ0v) is 13.3. The quantitative estimate of drug-likeness (QED) is 0.741. The molecule has 0 aliphatic heterocycles. The molecule has 1 atom stereocenters. The fourth-order valence-electron chi connectivity index (χ4n) is 5.64. The minimum absolute atomic E-state index is 0.0289. The third-order valence-corrected chi connectivity index (χ3v) is 6.36. The third-order valence-electron chi connectivity index (χ3n) is 6.36. The second-order valence-electron chi connectivity index (χ2n) is 7.90. The number of nitrogens with one attached hydrogen (secondary N) is 2. The summed E-state index contributed by atoms with van der Waals surface area (Å²) in [6.45, 7) is 2.13. The van der Waals surface area contributed by atoms with E-state index in [-0.39, 0.29) is 17.0 Å². The molecule has 4 fully saturated rings. The van der Waals surface area contributed by atoms with Gasteiger partial charge in [0.25, 0.3) is 5.56 Å². The van der Waals surface area contributed by atoms with Crippen LogP contribution in [0.2, 0.25) is 0 Å². The monoisotopic (exact) mass is 317 g/mol. The number of nitrogens with zero attached hydrogens (tertiary/aromatic N) is 1. The Morgan fingerprint density at radius 3 is 2.22 bits per heavy atom. The van der Waals surface area contributed by atoms with Crippen LogP contribution in [0.4, 0.5) is 0 Å². The van der Waals surface area contributed by atoms with Gasteiger partial charge in [0.15, 0.2) is 0 Å². The Kier molecular flexibility index (Phi) is 3.25. The molecule has 4 bridgehead atoms. The Morgan fingerprint density at radius 1 is 1.13 bits per heavy atom. The normalized spacial score (nSPS) is 36.7. The second kappa shape index (κ2) is 5.08. The molecule has 0 radical (unpaired) electrons. The minimum atomic E-state index is -0.709. The summed E-state index contributed by atoms with van der Waals surface area (Å²) in [5.41, 5.74) is -1.02. The van der Waals surface area contributed by atoms with E-state index in [2.05, 4.69) is 21.9 Å². The van der Waals surface area contributed by atoms with Crippen LogP contribution in [0, 0.1) is 23.2 Å². The number of aromatic amines is 2. The number of H-pyrrole nitrogens is 2. The van der Waals surface area contributed by atoms with Crippen molar-refractivity contribution >= 4 is 6.21 Å². The van der Waals surface area contributed by atoms with Crippen LogP contribution < -0.4 is 11.2 Å². The fraction of sp³-hybridized carbons (Fsp3) is 0.706. The smallest absolute Gasteiger partial charge is 0.328 e. The number of aliphatic imine (C=N–C) groups is 1. The molecule has 0 saturated heterocycles. The molecule has 0 unspecified atom stereocenters. The van der Waals surface area contributed by atoms with Crippen LogP contribution in [-0.2, 0) is 0 Å². The van der Waals surface area contributed by atoms with Crippen molar-refractivity contribution in [2.75, 3.05) is 0 Å². The van der Waals surface area contributed by atoms with Crippen molar-refractivity contribution < 1.29 is 5.11 Å². The molecule has 1 aromatic heterocycles. The highest BCUT2D eigenvalue weighted by atomic mass is 16.3. The highest BCUT2D eigenvalue weighted by Crippen LogP contribution is 2.61. The largest absolute Gasteiger partial charge is 0.494 e. The van der Waals surface area contributed by atoms with E-state index in [1.165, 1.54) is 44.7 Å². The van der Waals surface area contributed by atoms with Crippen LogP contribution in [0.15, 0.2) is 14.6 Å². The highest BCUT2D eigenvalue weighted by Gasteiger charge is 2.53. The molecule has 4 aliphatic rings. The van der Waals surface area contributed by atoms with E-state index in [0.717, 1.165) is 17.8 Å². The standard InChI is InChI=1S/C17H23N3O3/c1-9(18-8-13-14(21)19-16(23)20-15(13)22)17-5-10-2-11(6-17)4-12(3-10)7-17/h8-12H,2-7H2,1H3,(H3,19,20,21,22,23)/t9-,10?,11?,12?,17?/m0/s1. The van der Waals surface area contributed by atoms with Crippen molar-refractivity contribution in [1.82, 2.24) is 9.97 Å². The number of hydrogen-bond donors (Lipinski definition) is 3. The summed E-state index contributed by atoms with van der Waals surface area (Å²) in [5, 5.41) is 9.75. The number of hydrogen-bond acceptors (Lipinski definition) is 4. The maximum absolute atomic E-state index is 11.8. The summed E-state index contributed by atoms with van der Waals surface area (Å²) in [4.78, 5) is 31.8. The third kappa shape index (κ3) is 2.44. The van der Waals surface area contributed by atoms with Crippen LogP contribution in [0.25, 0.3) is 0 Å². The topological polar surface area (TPSA) is 98.3 Å². The lowest BCUT2D eigenvalue weighted by atomic mass is 9.48. The van der Waals surface area contributed by atoms with Gasteiger partial charge in [0.05, 0.1) is 6.04 Å². The van der Waals surface area contributed by atoms with E-state index < -0.39 is 17.1 Å². The van der Waals surface area contributed by atoms with E-state index >= 15 is 0 Å². The lowest BCUT2D eigenvalue weighted by molar-refractivity contribution is -0.0632. The molecule has 4 aliphatic carbocycles. The van der Waals surface area contributed by atoms with Gasteiger partial charge in [0.2, 0.25) is 5.88 Å². The van der Waals surface area contributed by atoms with Gasteiger partial charge in [-0.25, -0.2) is 4.79 Å². The van der Waals surface area contributed by atoms with E-state index in [1.54, 1.807) is 0 Å². The molecular weight excluding hydrogens is 294 g/mol. The first-order chi connectivity index (χ1) is 10.9. The van der Waals surface area contributed by atoms with Gasteiger partial charge in [-0.1, -0.05) is 0 Å². The Hall–Kier alpha value is -1.85. The van der Waals surface area contributed by atoms with Crippen LogP contribution in [0.1, 0.15) is 51.0 Å². The molecule has 1 heterocycles. The molecule has 6 nitrogen and oxygen atoms in total. The molecule has 124 valence electrons. The van der Waals surface area contributed by atoms with Gasteiger partial charge >= 0.3 is 5.69 Å². The summed E-state index contributed by atoms with van der Waals surface area (Å²) in [6.07, 6.45) is 9.30. The average Bonchev–Trinajstić information content (AvgIpc) is 2.44. The van der Waals surface area contributed by atoms with Gasteiger partial charge in [-0.2, -0.15) is 0 Å². The van der Waals surface area contributed by atoms with Crippen molar-refractivity contribution in [2.24, 2.45) is 28.2 Å². The van der Waals surface area contributed by atoms with Gasteiger partial charge in [0, 0.05) is 6.21 Å². The predicted molar refractivity (Wildman–Crippen MR) is 87.0 cm³/mol. The molecule has 1 aromatic rings. The predicted octanol–water partition coefficient (Wildman–Crippen LogP) is 1.79. The summed E-state index contributed by atoms with van der Waals surface area (Å²) >= 11 is 0. The number of aromatic hydroxyl groups is 1. The van der Waals surface area contributed by atoms with Crippen molar-refractivity contribution in [1.29, 1.82) is 0 Å². The number of rotatable bonds is 3. The van der Waals surface area contributed by atoms with Gasteiger partial charge in [0.1, 0.15) is 5.56 Å². The van der Waals surface area contributed by atoms with Gasteiger partial charge < -0.3 is 5.11 Å². The van der Waals surface area contributed by atoms with Gasteiger partial charge in [-0.3, -0.25) is 19.8 Å². The maximum atomic E-state index is 11.8. The first-order valence-electron chi connectivity index (χ1n) is 8.54. The zero-order chi connectivity index (χ0) is 16.2. The summed E-state index contributed by atoms with van der Waals surface area (Å²) < 4.78 is 0. The summed E-state index contributed by atoms with van der Waals surface area (Å²) in [6, 6.07) is 0.127. The number of aromatic nitrogens is 2. The Labute approximate surface area is 134 Å². The molecular formula is C17H23N3O3. The summed E-state index contributed by atoms with van der Waals surface area (Å²) in [7, 11) is 0. The maximum Gasteiger partial charge on any atom is 0.328 e. The van der Waals surface area contributed by atoms with Crippen LogP contribution in [-0.4, -0.2) is 27.3 Å². The second-order valence-corrected chi connectivity index (χ2v) is 7.90. The average molecular weight is 317 g/mol. The summed E-state index contributed by atoms with van der Waals surface area (Å²) in [5.74, 6) is 2.14.